The van der Waals surface area contributed by atoms with E-state index in [-0.39, 0.29) is 4.58 Å². The summed E-state index contributed by atoms with van der Waals surface area (Å²) in [6.45, 7) is 4.89. The van der Waals surface area contributed by atoms with Crippen LogP contribution < -0.4 is 4.74 Å². The Morgan fingerprint density at radius 1 is 1.09 bits per heavy atom. The van der Waals surface area contributed by atoms with Gasteiger partial charge in [0.2, 0.25) is 0 Å². The van der Waals surface area contributed by atoms with Crippen LogP contribution in [0.1, 0.15) is 42.4 Å². The number of para-hydroxylation sites is 2. The SMILES string of the molecule is CCCSC(SCCC)c1c(Cl)n(Cc2ccccc2OC(=O)C=NOC)c2ccccc12. The Morgan fingerprint density at radius 3 is 2.45 bits per heavy atom. The minimum Gasteiger partial charge on any atom is -0.422 e. The first kappa shape index (κ1) is 25.5. The number of esters is 1. The van der Waals surface area contributed by atoms with Gasteiger partial charge in [-0.25, -0.2) is 4.79 Å². The van der Waals surface area contributed by atoms with E-state index < -0.39 is 5.97 Å². The summed E-state index contributed by atoms with van der Waals surface area (Å²) >= 11 is 11.0. The first-order valence-corrected chi connectivity index (χ1v) is 13.4. The van der Waals surface area contributed by atoms with E-state index in [1.165, 1.54) is 18.1 Å². The van der Waals surface area contributed by atoms with E-state index >= 15 is 0 Å². The predicted octanol–water partition coefficient (Wildman–Crippen LogP) is 7.17. The third-order valence-electron chi connectivity index (χ3n) is 4.90. The monoisotopic (exact) mass is 504 g/mol. The molecule has 0 spiro atoms. The topological polar surface area (TPSA) is 52.8 Å². The summed E-state index contributed by atoms with van der Waals surface area (Å²) < 4.78 is 7.87. The second-order valence-electron chi connectivity index (χ2n) is 7.33. The van der Waals surface area contributed by atoms with Crippen LogP contribution in [0.4, 0.5) is 0 Å². The number of carbonyl (C=O) groups excluding carboxylic acids is 1. The third-order valence-corrected chi connectivity index (χ3v) is 8.49. The molecule has 5 nitrogen and oxygen atoms in total. The number of hydrogen-bond acceptors (Lipinski definition) is 6. The third kappa shape index (κ3) is 6.49. The van der Waals surface area contributed by atoms with E-state index in [0.717, 1.165) is 46.8 Å². The average molecular weight is 505 g/mol. The van der Waals surface area contributed by atoms with Crippen LogP contribution in [0.5, 0.6) is 5.75 Å². The highest BCUT2D eigenvalue weighted by molar-refractivity contribution is 8.16. The highest BCUT2D eigenvalue weighted by atomic mass is 35.5. The second kappa shape index (κ2) is 13.0. The van der Waals surface area contributed by atoms with Gasteiger partial charge in [0.15, 0.2) is 6.21 Å². The molecule has 2 aromatic carbocycles. The van der Waals surface area contributed by atoms with E-state index in [9.17, 15) is 4.79 Å². The molecule has 0 radical (unpaired) electrons. The quantitative estimate of drug-likeness (QED) is 0.0860. The van der Waals surface area contributed by atoms with E-state index in [1.54, 1.807) is 6.07 Å². The number of ether oxygens (including phenoxy) is 1. The van der Waals surface area contributed by atoms with Crippen molar-refractivity contribution in [2.75, 3.05) is 18.6 Å². The van der Waals surface area contributed by atoms with E-state index in [4.69, 9.17) is 16.3 Å². The zero-order valence-corrected chi connectivity index (χ0v) is 21.5. The molecule has 3 aromatic rings. The van der Waals surface area contributed by atoms with Crippen LogP contribution in [0.15, 0.2) is 53.7 Å². The Kier molecular flexibility index (Phi) is 10.0. The Bertz CT molecular complexity index is 1090. The van der Waals surface area contributed by atoms with Crippen LogP contribution in [-0.4, -0.2) is 35.4 Å². The minimum atomic E-state index is -0.597. The predicted molar refractivity (Wildman–Crippen MR) is 142 cm³/mol. The lowest BCUT2D eigenvalue weighted by Crippen LogP contribution is -2.11. The van der Waals surface area contributed by atoms with Crippen LogP contribution in [-0.2, 0) is 16.2 Å². The highest BCUT2D eigenvalue weighted by Crippen LogP contribution is 2.47. The molecule has 1 heterocycles. The van der Waals surface area contributed by atoms with Gasteiger partial charge in [0, 0.05) is 22.0 Å². The molecule has 3 rings (SSSR count). The molecule has 0 bridgehead atoms. The van der Waals surface area contributed by atoms with E-state index in [2.05, 4.69) is 46.6 Å². The molecule has 0 fully saturated rings. The molecule has 0 saturated heterocycles. The van der Waals surface area contributed by atoms with Crippen LogP contribution in [0.25, 0.3) is 10.9 Å². The second-order valence-corrected chi connectivity index (χ2v) is 10.4. The van der Waals surface area contributed by atoms with Gasteiger partial charge >= 0.3 is 5.97 Å². The van der Waals surface area contributed by atoms with Gasteiger partial charge in [0.05, 0.1) is 11.1 Å². The molecule has 8 heteroatoms. The summed E-state index contributed by atoms with van der Waals surface area (Å²) in [5.74, 6) is 2.04. The first-order chi connectivity index (χ1) is 16.1. The summed E-state index contributed by atoms with van der Waals surface area (Å²) in [6.07, 6.45) is 3.25. The van der Waals surface area contributed by atoms with Crippen LogP contribution in [0, 0.1) is 0 Å². The molecular weight excluding hydrogens is 476 g/mol. The fourth-order valence-corrected chi connectivity index (χ4v) is 6.64. The molecule has 0 aliphatic heterocycles. The van der Waals surface area contributed by atoms with Crippen LogP contribution in [0.3, 0.4) is 0 Å². The normalized spacial score (nSPS) is 11.5. The van der Waals surface area contributed by atoms with Gasteiger partial charge in [-0.15, -0.1) is 23.5 Å². The summed E-state index contributed by atoms with van der Waals surface area (Å²) in [5.41, 5.74) is 3.09. The van der Waals surface area contributed by atoms with Gasteiger partial charge in [-0.1, -0.05) is 67.0 Å². The largest absolute Gasteiger partial charge is 0.422 e. The van der Waals surface area contributed by atoms with Gasteiger partial charge in [-0.2, -0.15) is 0 Å². The Labute approximate surface area is 208 Å². The Morgan fingerprint density at radius 2 is 1.76 bits per heavy atom. The lowest BCUT2D eigenvalue weighted by molar-refractivity contribution is -0.126. The van der Waals surface area contributed by atoms with Crippen LogP contribution in [0.2, 0.25) is 5.15 Å². The molecule has 33 heavy (non-hydrogen) atoms. The number of halogens is 1. The van der Waals surface area contributed by atoms with Crippen molar-refractivity contribution in [3.8, 4) is 5.75 Å². The highest BCUT2D eigenvalue weighted by Gasteiger charge is 2.24. The molecule has 0 aliphatic rings. The Balaban J connectivity index is 2.01. The summed E-state index contributed by atoms with van der Waals surface area (Å²) in [6, 6.07) is 15.8. The maximum Gasteiger partial charge on any atom is 0.358 e. The summed E-state index contributed by atoms with van der Waals surface area (Å²) in [4.78, 5) is 16.6. The fourth-order valence-electron chi connectivity index (χ4n) is 3.48. The van der Waals surface area contributed by atoms with Crippen molar-refractivity contribution in [3.05, 3.63) is 64.8 Å². The van der Waals surface area contributed by atoms with Gasteiger partial charge in [0.25, 0.3) is 0 Å². The Hall–Kier alpha value is -2.09. The van der Waals surface area contributed by atoms with Crippen molar-refractivity contribution in [1.82, 2.24) is 4.57 Å². The standard InChI is InChI=1S/C25H29ClN2O3S2/c1-4-14-32-25(33-15-5-2)23-19-11-7-8-12-20(19)28(24(23)26)17-18-10-6-9-13-21(18)31-22(29)16-27-30-3/h6-13,16,25H,4-5,14-15,17H2,1-3H3. The van der Waals surface area contributed by atoms with Crippen LogP contribution >= 0.6 is 35.1 Å². The fraction of sp³-hybridized carbons (Fsp3) is 0.360. The van der Waals surface area contributed by atoms with E-state index in [0.29, 0.717) is 12.3 Å². The molecule has 0 amide bonds. The number of aromatic nitrogens is 1. The average Bonchev–Trinajstić information content (AvgIpc) is 3.10. The zero-order valence-electron chi connectivity index (χ0n) is 19.1. The lowest BCUT2D eigenvalue weighted by Gasteiger charge is -2.17. The minimum absolute atomic E-state index is 0.266. The number of oxime groups is 1. The number of rotatable bonds is 12. The van der Waals surface area contributed by atoms with Gasteiger partial charge in [-0.05, 0) is 36.5 Å². The molecular formula is C25H29ClN2O3S2. The molecule has 0 N–H and O–H groups in total. The number of benzene rings is 2. The van der Waals surface area contributed by atoms with Crippen molar-refractivity contribution in [1.29, 1.82) is 0 Å². The molecule has 176 valence electrons. The van der Waals surface area contributed by atoms with Crippen molar-refractivity contribution >= 4 is 58.2 Å². The van der Waals surface area contributed by atoms with Gasteiger partial charge in [-0.3, -0.25) is 0 Å². The maximum atomic E-state index is 12.1. The molecule has 0 aliphatic carbocycles. The number of thioether (sulfide) groups is 2. The van der Waals surface area contributed by atoms with Crippen molar-refractivity contribution in [2.45, 2.75) is 37.8 Å². The molecule has 0 unspecified atom stereocenters. The van der Waals surface area contributed by atoms with Gasteiger partial charge < -0.3 is 14.1 Å². The van der Waals surface area contributed by atoms with E-state index in [1.807, 2.05) is 47.8 Å². The first-order valence-electron chi connectivity index (χ1n) is 11.0. The lowest BCUT2D eigenvalue weighted by atomic mass is 10.2. The zero-order chi connectivity index (χ0) is 23.6. The number of hydrogen-bond donors (Lipinski definition) is 0. The molecule has 0 saturated carbocycles. The summed E-state index contributed by atoms with van der Waals surface area (Å²) in [7, 11) is 1.37. The molecule has 0 atom stereocenters. The maximum absolute atomic E-state index is 12.1. The summed E-state index contributed by atoms with van der Waals surface area (Å²) in [5, 5.41) is 5.38. The number of fused-ring (bicyclic) bond motifs is 1. The van der Waals surface area contributed by atoms with Crippen molar-refractivity contribution in [2.24, 2.45) is 5.16 Å². The van der Waals surface area contributed by atoms with Gasteiger partial charge in [0.1, 0.15) is 18.0 Å². The smallest absolute Gasteiger partial charge is 0.358 e. The molecule has 1 aromatic heterocycles. The van der Waals surface area contributed by atoms with Crippen molar-refractivity contribution < 1.29 is 14.4 Å². The number of carbonyl (C=O) groups is 1. The number of nitrogens with zero attached hydrogens (tertiary/aromatic N) is 2. The van der Waals surface area contributed by atoms with Crippen molar-refractivity contribution in [3.63, 3.8) is 0 Å².